The van der Waals surface area contributed by atoms with Crippen LogP contribution in [0.2, 0.25) is 0 Å². The van der Waals surface area contributed by atoms with E-state index in [0.717, 1.165) is 18.4 Å². The van der Waals surface area contributed by atoms with Crippen molar-refractivity contribution in [3.8, 4) is 0 Å². The second-order valence-electron chi connectivity index (χ2n) is 6.23. The molecule has 0 bridgehead atoms. The highest BCUT2D eigenvalue weighted by Gasteiger charge is 2.15. The van der Waals surface area contributed by atoms with Crippen LogP contribution in [-0.4, -0.2) is 34.7 Å². The summed E-state index contributed by atoms with van der Waals surface area (Å²) in [7, 11) is -1.98. The van der Waals surface area contributed by atoms with E-state index in [4.69, 9.17) is 0 Å². The van der Waals surface area contributed by atoms with E-state index >= 15 is 0 Å². The molecule has 0 aromatic heterocycles. The van der Waals surface area contributed by atoms with Crippen LogP contribution >= 0.6 is 0 Å². The molecule has 0 aliphatic carbocycles. The summed E-state index contributed by atoms with van der Waals surface area (Å²) < 4.78 is 29.5. The molecule has 1 amide bonds. The molecule has 128 valence electrons. The van der Waals surface area contributed by atoms with Gasteiger partial charge in [0.25, 0.3) is 0 Å². The van der Waals surface area contributed by atoms with Crippen molar-refractivity contribution in [1.29, 1.82) is 0 Å². The lowest BCUT2D eigenvalue weighted by molar-refractivity contribution is -0.121. The molecular formula is C17H25FN2O2S. The van der Waals surface area contributed by atoms with Gasteiger partial charge in [0, 0.05) is 34.2 Å². The van der Waals surface area contributed by atoms with Gasteiger partial charge in [-0.25, -0.2) is 13.0 Å². The number of benzene rings is 1. The summed E-state index contributed by atoms with van der Waals surface area (Å²) in [5.74, 6) is 1.25. The first kappa shape index (κ1) is 17.9. The van der Waals surface area contributed by atoms with Gasteiger partial charge in [-0.05, 0) is 42.9 Å². The van der Waals surface area contributed by atoms with Crippen LogP contribution in [0.15, 0.2) is 28.6 Å². The van der Waals surface area contributed by atoms with E-state index in [2.05, 4.69) is 9.68 Å². The predicted molar refractivity (Wildman–Crippen MR) is 91.3 cm³/mol. The van der Waals surface area contributed by atoms with E-state index in [1.807, 2.05) is 13.0 Å². The Morgan fingerprint density at radius 3 is 2.83 bits per heavy atom. The third kappa shape index (κ3) is 6.29. The summed E-state index contributed by atoms with van der Waals surface area (Å²) in [6.07, 6.45) is 3.05. The van der Waals surface area contributed by atoms with E-state index in [1.54, 1.807) is 6.07 Å². The van der Waals surface area contributed by atoms with Crippen LogP contribution in [0, 0.1) is 11.7 Å². The van der Waals surface area contributed by atoms with Crippen molar-refractivity contribution in [2.75, 3.05) is 24.6 Å². The zero-order valence-corrected chi connectivity index (χ0v) is 14.4. The number of amides is 1. The van der Waals surface area contributed by atoms with Gasteiger partial charge in [0.1, 0.15) is 5.82 Å². The molecule has 1 aliphatic heterocycles. The predicted octanol–water partition coefficient (Wildman–Crippen LogP) is 2.77. The van der Waals surface area contributed by atoms with Crippen molar-refractivity contribution >= 4 is 15.6 Å². The molecule has 2 rings (SSSR count). The monoisotopic (exact) mass is 340 g/mol. The summed E-state index contributed by atoms with van der Waals surface area (Å²) in [5, 5.41) is 2.82. The van der Waals surface area contributed by atoms with Gasteiger partial charge in [0.15, 0.2) is 0 Å². The number of nitrogens with one attached hydrogen (secondary N) is 1. The van der Waals surface area contributed by atoms with E-state index in [0.29, 0.717) is 37.4 Å². The number of halogens is 1. The first-order valence-corrected chi connectivity index (χ1v) is 10.0. The number of rotatable bonds is 7. The van der Waals surface area contributed by atoms with Crippen LogP contribution in [-0.2, 0) is 20.9 Å². The van der Waals surface area contributed by atoms with Crippen molar-refractivity contribution in [1.82, 2.24) is 5.32 Å². The molecule has 4 nitrogen and oxygen atoms in total. The van der Waals surface area contributed by atoms with Gasteiger partial charge in [0.05, 0.1) is 6.54 Å². The normalized spacial score (nSPS) is 17.7. The van der Waals surface area contributed by atoms with Crippen LogP contribution in [0.3, 0.4) is 0 Å². The van der Waals surface area contributed by atoms with Gasteiger partial charge in [-0.2, -0.15) is 0 Å². The summed E-state index contributed by atoms with van der Waals surface area (Å²) in [6, 6.07) is 6.47. The molecule has 1 aromatic carbocycles. The Labute approximate surface area is 138 Å². The zero-order valence-electron chi connectivity index (χ0n) is 13.6. The highest BCUT2D eigenvalue weighted by molar-refractivity contribution is 7.93. The highest BCUT2D eigenvalue weighted by Crippen LogP contribution is 2.14. The van der Waals surface area contributed by atoms with Crippen molar-refractivity contribution in [2.24, 2.45) is 10.3 Å². The highest BCUT2D eigenvalue weighted by atomic mass is 32.2. The van der Waals surface area contributed by atoms with E-state index in [9.17, 15) is 13.4 Å². The van der Waals surface area contributed by atoms with E-state index in [1.165, 1.54) is 12.1 Å². The number of hydrogen-bond acceptors (Lipinski definition) is 3. The Bertz CT molecular complexity index is 642. The summed E-state index contributed by atoms with van der Waals surface area (Å²) in [6.45, 7) is 2.83. The molecule has 1 atom stereocenters. The number of hydrogen-bond donors (Lipinski definition) is 1. The minimum absolute atomic E-state index is 0.0366. The average molecular weight is 340 g/mol. The average Bonchev–Trinajstić information content (AvgIpc) is 2.90. The number of carbonyl (C=O) groups excluding carboxylic acids is 1. The fourth-order valence-electron chi connectivity index (χ4n) is 2.82. The van der Waals surface area contributed by atoms with Gasteiger partial charge in [0.2, 0.25) is 5.91 Å². The summed E-state index contributed by atoms with van der Waals surface area (Å²) in [4.78, 5) is 11.9. The van der Waals surface area contributed by atoms with E-state index in [-0.39, 0.29) is 17.6 Å². The molecule has 1 aliphatic rings. The van der Waals surface area contributed by atoms with Gasteiger partial charge in [-0.15, -0.1) is 0 Å². The van der Waals surface area contributed by atoms with Crippen LogP contribution in [0.4, 0.5) is 4.39 Å². The van der Waals surface area contributed by atoms with Gasteiger partial charge >= 0.3 is 0 Å². The minimum atomic E-state index is -1.98. The van der Waals surface area contributed by atoms with Crippen molar-refractivity contribution in [2.45, 2.75) is 32.6 Å². The fraction of sp³-hybridized carbons (Fsp3) is 0.588. The molecular weight excluding hydrogens is 315 g/mol. The molecule has 1 saturated heterocycles. The molecule has 1 heterocycles. The Morgan fingerprint density at radius 2 is 2.13 bits per heavy atom. The molecule has 1 fully saturated rings. The van der Waals surface area contributed by atoms with Crippen molar-refractivity contribution in [3.63, 3.8) is 0 Å². The maximum Gasteiger partial charge on any atom is 0.220 e. The third-order valence-electron chi connectivity index (χ3n) is 3.94. The smallest absolute Gasteiger partial charge is 0.220 e. The molecule has 23 heavy (non-hydrogen) atoms. The first-order chi connectivity index (χ1) is 11.0. The van der Waals surface area contributed by atoms with Crippen LogP contribution < -0.4 is 5.32 Å². The molecule has 0 radical (unpaired) electrons. The Balaban J connectivity index is 1.69. The molecule has 1 N–H and O–H groups in total. The summed E-state index contributed by atoms with van der Waals surface area (Å²) >= 11 is 0. The van der Waals surface area contributed by atoms with Gasteiger partial charge < -0.3 is 5.32 Å². The number of carbonyl (C=O) groups is 1. The van der Waals surface area contributed by atoms with Gasteiger partial charge in [-0.3, -0.25) is 4.79 Å². The van der Waals surface area contributed by atoms with Gasteiger partial charge in [-0.1, -0.05) is 19.1 Å². The Kier molecular flexibility index (Phi) is 6.57. The minimum Gasteiger partial charge on any atom is -0.354 e. The van der Waals surface area contributed by atoms with Crippen molar-refractivity contribution < 1.29 is 13.4 Å². The van der Waals surface area contributed by atoms with Crippen molar-refractivity contribution in [3.05, 3.63) is 35.6 Å². The fourth-order valence-corrected chi connectivity index (χ4v) is 5.02. The molecule has 0 spiro atoms. The standard InChI is InChI=1S/C17H25FN2O2S/c1-14(11-15-5-4-6-16(18)13-15)12-17(21)19-7-8-20-23(22)9-2-3-10-23/h4-6,13-14H,2-3,7-12H2,1H3,(H,19,21). The van der Waals surface area contributed by atoms with Crippen LogP contribution in [0.5, 0.6) is 0 Å². The summed E-state index contributed by atoms with van der Waals surface area (Å²) in [5.41, 5.74) is 0.901. The third-order valence-corrected chi connectivity index (χ3v) is 6.45. The number of nitrogens with zero attached hydrogens (tertiary/aromatic N) is 1. The molecule has 1 aromatic rings. The second kappa shape index (κ2) is 8.43. The maximum atomic E-state index is 13.1. The van der Waals surface area contributed by atoms with Crippen LogP contribution in [0.25, 0.3) is 0 Å². The molecule has 6 heteroatoms. The second-order valence-corrected chi connectivity index (χ2v) is 8.85. The largest absolute Gasteiger partial charge is 0.354 e. The topological polar surface area (TPSA) is 58.5 Å². The quantitative estimate of drug-likeness (QED) is 0.776. The van der Waals surface area contributed by atoms with E-state index < -0.39 is 9.73 Å². The lowest BCUT2D eigenvalue weighted by Gasteiger charge is -2.11. The SMILES string of the molecule is CC(CC(=O)NCCN=S1(=O)CCCC1)Cc1cccc(F)c1. The van der Waals surface area contributed by atoms with Crippen LogP contribution in [0.1, 0.15) is 31.7 Å². The molecule has 1 unspecified atom stereocenters. The first-order valence-electron chi connectivity index (χ1n) is 8.16. The maximum absolute atomic E-state index is 13.1. The Morgan fingerprint density at radius 1 is 1.39 bits per heavy atom. The Hall–Kier alpha value is -1.43. The lowest BCUT2D eigenvalue weighted by Crippen LogP contribution is -2.28. The lowest BCUT2D eigenvalue weighted by atomic mass is 9.98. The molecule has 0 saturated carbocycles. The zero-order chi connectivity index (χ0) is 16.7.